The van der Waals surface area contributed by atoms with Crippen molar-refractivity contribution in [1.82, 2.24) is 9.88 Å². The van der Waals surface area contributed by atoms with E-state index in [1.807, 2.05) is 0 Å². The van der Waals surface area contributed by atoms with Gasteiger partial charge in [0.1, 0.15) is 11.7 Å². The second-order valence-electron chi connectivity index (χ2n) is 3.57. The number of hydrogen-bond donors (Lipinski definition) is 1. The van der Waals surface area contributed by atoms with Gasteiger partial charge in [0.15, 0.2) is 0 Å². The molecule has 88 valence electrons. The molecule has 0 unspecified atom stereocenters. The van der Waals surface area contributed by atoms with Crippen molar-refractivity contribution in [3.05, 3.63) is 28.0 Å². The summed E-state index contributed by atoms with van der Waals surface area (Å²) < 4.78 is 0. The molecule has 1 aromatic heterocycles. The van der Waals surface area contributed by atoms with E-state index >= 15 is 0 Å². The topological polar surface area (TPSA) is 87.6 Å². The third-order valence-corrected chi connectivity index (χ3v) is 2.60. The Bertz CT molecular complexity index is 555. The predicted molar refractivity (Wildman–Crippen MR) is 57.0 cm³/mol. The standard InChI is InChI=1S/C10H7ClN2O4/c1-4-2-5-7(8(11)12-4)10(17)13(9(5)16)3-6(14)15/h2H,3H2,1H3,(H,14,15). The number of carbonyl (C=O) groups is 3. The van der Waals surface area contributed by atoms with Crippen molar-refractivity contribution in [3.8, 4) is 0 Å². The first-order chi connectivity index (χ1) is 7.91. The average Bonchev–Trinajstić information content (AvgIpc) is 2.42. The van der Waals surface area contributed by atoms with Crippen LogP contribution in [0, 0.1) is 6.92 Å². The Balaban J connectivity index is 2.53. The molecule has 0 spiro atoms. The highest BCUT2D eigenvalue weighted by Crippen LogP contribution is 2.28. The fraction of sp³-hybridized carbons (Fsp3) is 0.200. The molecule has 0 aliphatic carbocycles. The van der Waals surface area contributed by atoms with Crippen LogP contribution in [0.25, 0.3) is 0 Å². The van der Waals surface area contributed by atoms with Crippen LogP contribution in [0.15, 0.2) is 6.07 Å². The van der Waals surface area contributed by atoms with E-state index in [-0.39, 0.29) is 16.3 Å². The van der Waals surface area contributed by atoms with Gasteiger partial charge in [-0.05, 0) is 13.0 Å². The fourth-order valence-electron chi connectivity index (χ4n) is 1.66. The molecule has 0 fully saturated rings. The van der Waals surface area contributed by atoms with Gasteiger partial charge in [-0.25, -0.2) is 4.98 Å². The number of nitrogens with zero attached hydrogens (tertiary/aromatic N) is 2. The largest absolute Gasteiger partial charge is 0.480 e. The molecule has 0 bridgehead atoms. The van der Waals surface area contributed by atoms with E-state index in [1.165, 1.54) is 6.07 Å². The molecule has 1 N–H and O–H groups in total. The summed E-state index contributed by atoms with van der Waals surface area (Å²) in [5.41, 5.74) is 0.573. The second kappa shape index (κ2) is 3.81. The van der Waals surface area contributed by atoms with Gasteiger partial charge in [0.05, 0.1) is 11.1 Å². The molecular formula is C10H7ClN2O4. The number of amides is 2. The van der Waals surface area contributed by atoms with Crippen LogP contribution in [0.2, 0.25) is 5.15 Å². The number of halogens is 1. The summed E-state index contributed by atoms with van der Waals surface area (Å²) in [7, 11) is 0. The van der Waals surface area contributed by atoms with Crippen molar-refractivity contribution in [2.24, 2.45) is 0 Å². The number of imide groups is 1. The number of rotatable bonds is 2. The maximum atomic E-state index is 11.8. The van der Waals surface area contributed by atoms with Crippen LogP contribution in [-0.2, 0) is 4.79 Å². The minimum Gasteiger partial charge on any atom is -0.480 e. The normalized spacial score (nSPS) is 14.1. The molecule has 0 atom stereocenters. The van der Waals surface area contributed by atoms with Crippen LogP contribution >= 0.6 is 11.6 Å². The first-order valence-electron chi connectivity index (χ1n) is 4.67. The van der Waals surface area contributed by atoms with Crippen molar-refractivity contribution in [2.75, 3.05) is 6.54 Å². The van der Waals surface area contributed by atoms with Gasteiger partial charge in [-0.3, -0.25) is 19.3 Å². The second-order valence-corrected chi connectivity index (χ2v) is 3.93. The molecule has 1 aromatic rings. The van der Waals surface area contributed by atoms with Crippen molar-refractivity contribution in [1.29, 1.82) is 0 Å². The molecule has 0 aromatic carbocycles. The molecule has 0 saturated heterocycles. The third kappa shape index (κ3) is 1.76. The lowest BCUT2D eigenvalue weighted by Gasteiger charge is -2.09. The lowest BCUT2D eigenvalue weighted by molar-refractivity contribution is -0.137. The van der Waals surface area contributed by atoms with Crippen LogP contribution in [-0.4, -0.2) is 39.3 Å². The van der Waals surface area contributed by atoms with Crippen LogP contribution in [0.4, 0.5) is 0 Å². The number of aliphatic carboxylic acids is 1. The lowest BCUT2D eigenvalue weighted by atomic mass is 10.1. The van der Waals surface area contributed by atoms with Crippen molar-refractivity contribution in [3.63, 3.8) is 0 Å². The minimum absolute atomic E-state index is 0.0245. The van der Waals surface area contributed by atoms with Gasteiger partial charge >= 0.3 is 5.97 Å². The molecule has 6 nitrogen and oxygen atoms in total. The third-order valence-electron chi connectivity index (χ3n) is 2.33. The summed E-state index contributed by atoms with van der Waals surface area (Å²) in [6, 6.07) is 1.42. The number of aromatic nitrogens is 1. The molecule has 1 aliphatic rings. The number of pyridine rings is 1. The molecule has 1 aliphatic heterocycles. The molecule has 0 radical (unpaired) electrons. The Morgan fingerprint density at radius 3 is 2.71 bits per heavy atom. The fourth-order valence-corrected chi connectivity index (χ4v) is 1.97. The zero-order valence-corrected chi connectivity index (χ0v) is 9.48. The number of aryl methyl sites for hydroxylation is 1. The minimum atomic E-state index is -1.26. The zero-order valence-electron chi connectivity index (χ0n) is 8.73. The quantitative estimate of drug-likeness (QED) is 0.621. The van der Waals surface area contributed by atoms with Gasteiger partial charge in [0.25, 0.3) is 11.8 Å². The maximum Gasteiger partial charge on any atom is 0.323 e. The number of carboxylic acids is 1. The van der Waals surface area contributed by atoms with E-state index in [2.05, 4.69) is 4.98 Å². The lowest BCUT2D eigenvalue weighted by Crippen LogP contribution is -2.34. The summed E-state index contributed by atoms with van der Waals surface area (Å²) in [6.45, 7) is 0.950. The molecule has 7 heteroatoms. The highest BCUT2D eigenvalue weighted by atomic mass is 35.5. The van der Waals surface area contributed by atoms with Gasteiger partial charge in [0.2, 0.25) is 0 Å². The van der Waals surface area contributed by atoms with Gasteiger partial charge in [0, 0.05) is 5.69 Å². The van der Waals surface area contributed by atoms with E-state index < -0.39 is 24.3 Å². The summed E-state index contributed by atoms with van der Waals surface area (Å²) in [5, 5.41) is 8.54. The molecule has 17 heavy (non-hydrogen) atoms. The number of hydrogen-bond acceptors (Lipinski definition) is 4. The van der Waals surface area contributed by atoms with Crippen LogP contribution < -0.4 is 0 Å². The van der Waals surface area contributed by atoms with Gasteiger partial charge in [-0.2, -0.15) is 0 Å². The summed E-state index contributed by atoms with van der Waals surface area (Å²) in [6.07, 6.45) is 0. The van der Waals surface area contributed by atoms with Crippen LogP contribution in [0.5, 0.6) is 0 Å². The van der Waals surface area contributed by atoms with Gasteiger partial charge < -0.3 is 5.11 Å². The van der Waals surface area contributed by atoms with Gasteiger partial charge in [-0.15, -0.1) is 0 Å². The van der Waals surface area contributed by atoms with E-state index in [9.17, 15) is 14.4 Å². The zero-order chi connectivity index (χ0) is 12.7. The van der Waals surface area contributed by atoms with Crippen molar-refractivity contribution < 1.29 is 19.5 Å². The maximum absolute atomic E-state index is 11.8. The number of carbonyl (C=O) groups excluding carboxylic acids is 2. The number of carboxylic acid groups (broad SMARTS) is 1. The van der Waals surface area contributed by atoms with E-state index in [0.29, 0.717) is 10.6 Å². The molecule has 2 heterocycles. The molecule has 2 amide bonds. The van der Waals surface area contributed by atoms with Crippen LogP contribution in [0.3, 0.4) is 0 Å². The Morgan fingerprint density at radius 1 is 1.47 bits per heavy atom. The van der Waals surface area contributed by atoms with Crippen LogP contribution in [0.1, 0.15) is 26.4 Å². The SMILES string of the molecule is Cc1cc2c(c(Cl)n1)C(=O)N(CC(=O)O)C2=O. The Morgan fingerprint density at radius 2 is 2.12 bits per heavy atom. The summed E-state index contributed by atoms with van der Waals surface area (Å²) in [5.74, 6) is -2.63. The Kier molecular flexibility index (Phi) is 2.59. The first kappa shape index (κ1) is 11.5. The predicted octanol–water partition coefficient (Wildman–Crippen LogP) is 0.724. The van der Waals surface area contributed by atoms with Gasteiger partial charge in [-0.1, -0.05) is 11.6 Å². The average molecular weight is 255 g/mol. The first-order valence-corrected chi connectivity index (χ1v) is 5.04. The van der Waals surface area contributed by atoms with Crippen molar-refractivity contribution >= 4 is 29.4 Å². The number of fused-ring (bicyclic) bond motifs is 1. The molecule has 0 saturated carbocycles. The smallest absolute Gasteiger partial charge is 0.323 e. The Hall–Kier alpha value is -1.95. The molecular weight excluding hydrogens is 248 g/mol. The highest BCUT2D eigenvalue weighted by Gasteiger charge is 2.39. The monoisotopic (exact) mass is 254 g/mol. The summed E-state index contributed by atoms with van der Waals surface area (Å²) >= 11 is 5.78. The van der Waals surface area contributed by atoms with Crippen molar-refractivity contribution in [2.45, 2.75) is 6.92 Å². The molecule has 2 rings (SSSR count). The van der Waals surface area contributed by atoms with E-state index in [0.717, 1.165) is 0 Å². The van der Waals surface area contributed by atoms with E-state index in [4.69, 9.17) is 16.7 Å². The Labute approximate surface area is 101 Å². The summed E-state index contributed by atoms with van der Waals surface area (Å²) in [4.78, 5) is 38.6. The van der Waals surface area contributed by atoms with E-state index in [1.54, 1.807) is 6.92 Å². The highest BCUT2D eigenvalue weighted by molar-refractivity contribution is 6.36.